The smallest absolute Gasteiger partial charge is 0.342 e. The molecule has 0 aromatic carbocycles. The van der Waals surface area contributed by atoms with Crippen molar-refractivity contribution in [2.75, 3.05) is 11.9 Å². The van der Waals surface area contributed by atoms with Gasteiger partial charge in [0.15, 0.2) is 0 Å². The zero-order valence-corrected chi connectivity index (χ0v) is 8.69. The van der Waals surface area contributed by atoms with Crippen molar-refractivity contribution in [3.8, 4) is 0 Å². The first kappa shape index (κ1) is 10.9. The molecule has 0 radical (unpaired) electrons. The third kappa shape index (κ3) is 2.13. The molecule has 1 aromatic rings. The van der Waals surface area contributed by atoms with Gasteiger partial charge >= 0.3 is 5.69 Å². The highest BCUT2D eigenvalue weighted by molar-refractivity contribution is 5.31. The molecule has 7 nitrogen and oxygen atoms in total. The normalized spacial score (nSPS) is 24.6. The van der Waals surface area contributed by atoms with E-state index < -0.39 is 11.2 Å². The Hall–Kier alpha value is -1.63. The highest BCUT2D eigenvalue weighted by Gasteiger charge is 2.27. The second-order valence-corrected chi connectivity index (χ2v) is 3.98. The van der Waals surface area contributed by atoms with E-state index in [-0.39, 0.29) is 24.4 Å². The summed E-state index contributed by atoms with van der Waals surface area (Å²) in [5.74, 6) is 0.248. The van der Waals surface area contributed by atoms with Crippen molar-refractivity contribution in [2.45, 2.75) is 25.3 Å². The maximum Gasteiger partial charge on any atom is 0.342 e. The minimum atomic E-state index is -0.624. The molecule has 2 rings (SSSR count). The van der Waals surface area contributed by atoms with Crippen LogP contribution in [-0.4, -0.2) is 32.9 Å². The molecule has 1 saturated carbocycles. The summed E-state index contributed by atoms with van der Waals surface area (Å²) in [5.41, 5.74) is -1.16. The predicted octanol–water partition coefficient (Wildman–Crippen LogP) is -0.969. The fourth-order valence-electron chi connectivity index (χ4n) is 2.07. The number of nitrogens with one attached hydrogen (secondary N) is 3. The molecule has 1 fully saturated rings. The summed E-state index contributed by atoms with van der Waals surface area (Å²) in [6.45, 7) is 0.0962. The van der Waals surface area contributed by atoms with E-state index in [1.807, 2.05) is 0 Å². The van der Waals surface area contributed by atoms with Gasteiger partial charge in [-0.05, 0) is 12.8 Å². The molecule has 1 aliphatic rings. The second kappa shape index (κ2) is 4.48. The van der Waals surface area contributed by atoms with Gasteiger partial charge in [-0.25, -0.2) is 9.89 Å². The number of H-pyrrole nitrogens is 2. The van der Waals surface area contributed by atoms with Crippen LogP contribution in [0.5, 0.6) is 0 Å². The van der Waals surface area contributed by atoms with Crippen molar-refractivity contribution in [2.24, 2.45) is 5.92 Å². The summed E-state index contributed by atoms with van der Waals surface area (Å²) in [4.78, 5) is 24.2. The summed E-state index contributed by atoms with van der Waals surface area (Å²) >= 11 is 0. The lowest BCUT2D eigenvalue weighted by Crippen LogP contribution is -2.33. The third-order valence-corrected chi connectivity index (χ3v) is 2.93. The minimum absolute atomic E-state index is 0.0458. The van der Waals surface area contributed by atoms with Crippen LogP contribution in [0.4, 0.5) is 5.82 Å². The van der Waals surface area contributed by atoms with E-state index in [0.717, 1.165) is 19.3 Å². The molecular formula is C9H14N4O3. The number of aliphatic hydroxyl groups excluding tert-OH is 1. The maximum atomic E-state index is 11.4. The van der Waals surface area contributed by atoms with Crippen LogP contribution in [0.1, 0.15) is 19.3 Å². The largest absolute Gasteiger partial charge is 0.396 e. The second-order valence-electron chi connectivity index (χ2n) is 3.98. The number of nitrogens with zero attached hydrogens (tertiary/aromatic N) is 1. The van der Waals surface area contributed by atoms with Crippen molar-refractivity contribution in [1.29, 1.82) is 0 Å². The van der Waals surface area contributed by atoms with Crippen molar-refractivity contribution in [3.05, 3.63) is 20.8 Å². The molecule has 1 aromatic heterocycles. The van der Waals surface area contributed by atoms with Crippen LogP contribution in [0.2, 0.25) is 0 Å². The Morgan fingerprint density at radius 2 is 2.25 bits per heavy atom. The van der Waals surface area contributed by atoms with Crippen LogP contribution in [-0.2, 0) is 0 Å². The monoisotopic (exact) mass is 226 g/mol. The summed E-state index contributed by atoms with van der Waals surface area (Å²) in [6.07, 6.45) is 2.85. The van der Waals surface area contributed by atoms with Gasteiger partial charge in [0.25, 0.3) is 5.56 Å². The molecule has 16 heavy (non-hydrogen) atoms. The Balaban J connectivity index is 2.14. The van der Waals surface area contributed by atoms with Gasteiger partial charge in [0, 0.05) is 18.6 Å². The van der Waals surface area contributed by atoms with Crippen LogP contribution in [0.3, 0.4) is 0 Å². The fraction of sp³-hybridized carbons (Fsp3) is 0.667. The Labute approximate surface area is 90.9 Å². The topological polar surface area (TPSA) is 111 Å². The van der Waals surface area contributed by atoms with Gasteiger partial charge in [0.1, 0.15) is 0 Å². The quantitative estimate of drug-likeness (QED) is 0.530. The molecule has 0 amide bonds. The molecule has 0 spiro atoms. The van der Waals surface area contributed by atoms with E-state index in [1.165, 1.54) is 0 Å². The SMILES string of the molecule is O=c1[nH]nc(NC2CCCC2CO)c(=O)[nH]1. The first-order valence-electron chi connectivity index (χ1n) is 5.27. The standard InChI is InChI=1S/C9H14N4O3/c14-4-5-2-1-3-6(5)10-7-8(15)11-9(16)13-12-7/h5-6,14H,1-4H2,(H,10,12)(H2,11,13,15,16). The van der Waals surface area contributed by atoms with E-state index in [2.05, 4.69) is 20.5 Å². The zero-order valence-electron chi connectivity index (χ0n) is 8.69. The van der Waals surface area contributed by atoms with Gasteiger partial charge in [-0.2, -0.15) is 0 Å². The molecule has 2 atom stereocenters. The molecular weight excluding hydrogens is 212 g/mol. The average molecular weight is 226 g/mol. The molecule has 2 unspecified atom stereocenters. The van der Waals surface area contributed by atoms with E-state index in [0.29, 0.717) is 0 Å². The van der Waals surface area contributed by atoms with Gasteiger partial charge in [0.2, 0.25) is 5.82 Å². The fourth-order valence-corrected chi connectivity index (χ4v) is 2.07. The first-order chi connectivity index (χ1) is 7.70. The van der Waals surface area contributed by atoms with Crippen LogP contribution in [0.25, 0.3) is 0 Å². The van der Waals surface area contributed by atoms with E-state index in [1.54, 1.807) is 0 Å². The predicted molar refractivity (Wildman–Crippen MR) is 57.3 cm³/mol. The number of hydrogen-bond donors (Lipinski definition) is 4. The van der Waals surface area contributed by atoms with Crippen LogP contribution in [0, 0.1) is 5.92 Å². The van der Waals surface area contributed by atoms with Crippen molar-refractivity contribution in [1.82, 2.24) is 15.2 Å². The van der Waals surface area contributed by atoms with E-state index in [4.69, 9.17) is 5.11 Å². The molecule has 0 saturated heterocycles. The van der Waals surface area contributed by atoms with Crippen LogP contribution < -0.4 is 16.6 Å². The molecule has 88 valence electrons. The highest BCUT2D eigenvalue weighted by atomic mass is 16.3. The molecule has 1 aliphatic carbocycles. The van der Waals surface area contributed by atoms with Gasteiger partial charge in [-0.3, -0.25) is 9.78 Å². The molecule has 0 bridgehead atoms. The number of anilines is 1. The Kier molecular flexibility index (Phi) is 3.04. The third-order valence-electron chi connectivity index (χ3n) is 2.93. The van der Waals surface area contributed by atoms with Crippen LogP contribution in [0.15, 0.2) is 9.59 Å². The van der Waals surface area contributed by atoms with E-state index in [9.17, 15) is 9.59 Å². The maximum absolute atomic E-state index is 11.4. The lowest BCUT2D eigenvalue weighted by atomic mass is 10.1. The van der Waals surface area contributed by atoms with Gasteiger partial charge in [-0.1, -0.05) is 6.42 Å². The Bertz CT molecular complexity index is 466. The van der Waals surface area contributed by atoms with Crippen molar-refractivity contribution >= 4 is 5.82 Å². The van der Waals surface area contributed by atoms with E-state index >= 15 is 0 Å². The van der Waals surface area contributed by atoms with Crippen LogP contribution >= 0.6 is 0 Å². The lowest BCUT2D eigenvalue weighted by Gasteiger charge is -2.18. The average Bonchev–Trinajstić information content (AvgIpc) is 2.69. The Morgan fingerprint density at radius 3 is 2.94 bits per heavy atom. The molecule has 1 heterocycles. The number of aliphatic hydroxyl groups is 1. The van der Waals surface area contributed by atoms with Gasteiger partial charge < -0.3 is 10.4 Å². The highest BCUT2D eigenvalue weighted by Crippen LogP contribution is 2.26. The number of hydrogen-bond acceptors (Lipinski definition) is 5. The minimum Gasteiger partial charge on any atom is -0.396 e. The lowest BCUT2D eigenvalue weighted by molar-refractivity contribution is 0.222. The van der Waals surface area contributed by atoms with Gasteiger partial charge in [0.05, 0.1) is 0 Å². The Morgan fingerprint density at radius 1 is 1.44 bits per heavy atom. The van der Waals surface area contributed by atoms with Crippen molar-refractivity contribution < 1.29 is 5.11 Å². The molecule has 4 N–H and O–H groups in total. The number of aromatic amines is 2. The number of aromatic nitrogens is 3. The molecule has 7 heteroatoms. The number of rotatable bonds is 3. The first-order valence-corrected chi connectivity index (χ1v) is 5.27. The van der Waals surface area contributed by atoms with Crippen molar-refractivity contribution in [3.63, 3.8) is 0 Å². The summed E-state index contributed by atoms with van der Waals surface area (Å²) < 4.78 is 0. The summed E-state index contributed by atoms with van der Waals surface area (Å²) in [7, 11) is 0. The summed E-state index contributed by atoms with van der Waals surface area (Å²) in [5, 5.41) is 17.9. The van der Waals surface area contributed by atoms with Gasteiger partial charge in [-0.15, -0.1) is 5.10 Å². The zero-order chi connectivity index (χ0) is 11.5. The molecule has 0 aliphatic heterocycles. The summed E-state index contributed by atoms with van der Waals surface area (Å²) in [6, 6.07) is 0.0458.